The van der Waals surface area contributed by atoms with E-state index in [0.717, 1.165) is 4.90 Å². The summed E-state index contributed by atoms with van der Waals surface area (Å²) in [6.07, 6.45) is 0.245. The number of carbonyl (C=O) groups is 1. The van der Waals surface area contributed by atoms with Crippen LogP contribution in [-0.4, -0.2) is 19.4 Å². The third kappa shape index (κ3) is 6.10. The average molecular weight is 311 g/mol. The van der Waals surface area contributed by atoms with E-state index in [1.165, 1.54) is 23.5 Å². The van der Waals surface area contributed by atoms with Crippen LogP contribution in [0.4, 0.5) is 0 Å². The monoisotopic (exact) mass is 311 g/mol. The van der Waals surface area contributed by atoms with Gasteiger partial charge < -0.3 is 5.11 Å². The van der Waals surface area contributed by atoms with Crippen LogP contribution >= 0.6 is 35.7 Å². The summed E-state index contributed by atoms with van der Waals surface area (Å²) in [5.41, 5.74) is 0. The lowest BCUT2D eigenvalue weighted by Crippen LogP contribution is -2.20. The molecule has 19 heavy (non-hydrogen) atoms. The number of benzene rings is 1. The number of nitrogens with zero attached hydrogens (tertiary/aromatic N) is 1. The SMILES string of the molecule is CC(C#N)(CCC(=O)O)SC(=S)Sc1ccccc1. The lowest BCUT2D eigenvalue weighted by Gasteiger charge is -2.19. The second kappa shape index (κ2) is 7.53. The van der Waals surface area contributed by atoms with Crippen molar-refractivity contribution < 1.29 is 9.90 Å². The molecule has 1 atom stereocenters. The van der Waals surface area contributed by atoms with Crippen LogP contribution in [0.3, 0.4) is 0 Å². The quantitative estimate of drug-likeness (QED) is 0.656. The van der Waals surface area contributed by atoms with E-state index in [9.17, 15) is 10.1 Å². The van der Waals surface area contributed by atoms with Crippen LogP contribution in [0, 0.1) is 11.3 Å². The zero-order chi connectivity index (χ0) is 14.3. The minimum Gasteiger partial charge on any atom is -0.481 e. The molecule has 0 saturated carbocycles. The smallest absolute Gasteiger partial charge is 0.303 e. The van der Waals surface area contributed by atoms with Crippen molar-refractivity contribution in [2.45, 2.75) is 29.4 Å². The van der Waals surface area contributed by atoms with E-state index < -0.39 is 10.7 Å². The van der Waals surface area contributed by atoms with E-state index >= 15 is 0 Å². The van der Waals surface area contributed by atoms with E-state index in [1.54, 1.807) is 6.92 Å². The van der Waals surface area contributed by atoms with Gasteiger partial charge in [0.25, 0.3) is 0 Å². The molecule has 0 spiro atoms. The van der Waals surface area contributed by atoms with E-state index in [0.29, 0.717) is 3.53 Å². The number of thiocarbonyl (C=S) groups is 1. The Labute approximate surface area is 126 Å². The summed E-state index contributed by atoms with van der Waals surface area (Å²) in [5.74, 6) is -0.899. The van der Waals surface area contributed by atoms with Gasteiger partial charge in [0, 0.05) is 11.3 Å². The molecule has 0 aromatic heterocycles. The van der Waals surface area contributed by atoms with Gasteiger partial charge in [-0.2, -0.15) is 5.26 Å². The highest BCUT2D eigenvalue weighted by molar-refractivity contribution is 8.47. The number of aliphatic carboxylic acids is 1. The van der Waals surface area contributed by atoms with Crippen molar-refractivity contribution in [3.63, 3.8) is 0 Å². The molecular formula is C13H13NO2S3. The molecule has 1 N–H and O–H groups in total. The van der Waals surface area contributed by atoms with Crippen molar-refractivity contribution in [1.29, 1.82) is 5.26 Å². The molecule has 1 unspecified atom stereocenters. The van der Waals surface area contributed by atoms with Crippen LogP contribution < -0.4 is 0 Å². The second-order valence-corrected chi connectivity index (χ2v) is 7.78. The summed E-state index contributed by atoms with van der Waals surface area (Å²) in [6.45, 7) is 1.72. The average Bonchev–Trinajstić information content (AvgIpc) is 2.37. The van der Waals surface area contributed by atoms with Crippen molar-refractivity contribution in [2.24, 2.45) is 0 Å². The molecule has 0 bridgehead atoms. The fourth-order valence-corrected chi connectivity index (χ4v) is 4.22. The molecule has 1 aromatic rings. The molecular weight excluding hydrogens is 298 g/mol. The maximum absolute atomic E-state index is 10.6. The van der Waals surface area contributed by atoms with Crippen molar-refractivity contribution in [2.75, 3.05) is 0 Å². The molecule has 100 valence electrons. The molecule has 0 radical (unpaired) electrons. The summed E-state index contributed by atoms with van der Waals surface area (Å²) in [5, 5.41) is 17.9. The van der Waals surface area contributed by atoms with E-state index in [4.69, 9.17) is 17.3 Å². The van der Waals surface area contributed by atoms with Gasteiger partial charge in [-0.05, 0) is 25.5 Å². The minimum atomic E-state index is -0.899. The maximum atomic E-state index is 10.6. The number of hydrogen-bond acceptors (Lipinski definition) is 5. The minimum absolute atomic E-state index is 0.0321. The topological polar surface area (TPSA) is 61.1 Å². The Bertz CT molecular complexity index is 498. The van der Waals surface area contributed by atoms with E-state index in [2.05, 4.69) is 6.07 Å². The molecule has 6 heteroatoms. The van der Waals surface area contributed by atoms with Crippen LogP contribution in [0.1, 0.15) is 19.8 Å². The summed E-state index contributed by atoms with van der Waals surface area (Å²) < 4.78 is -0.169. The molecule has 0 fully saturated rings. The van der Waals surface area contributed by atoms with Crippen LogP contribution in [0.25, 0.3) is 0 Å². The number of thioether (sulfide) groups is 2. The van der Waals surface area contributed by atoms with Crippen LogP contribution in [0.15, 0.2) is 35.2 Å². The maximum Gasteiger partial charge on any atom is 0.303 e. The zero-order valence-corrected chi connectivity index (χ0v) is 12.8. The molecule has 0 aliphatic heterocycles. The predicted octanol–water partition coefficient (Wildman–Crippen LogP) is 3.94. The molecule has 0 aliphatic rings. The first-order valence-corrected chi connectivity index (χ1v) is 7.58. The van der Waals surface area contributed by atoms with Crippen molar-refractivity contribution >= 4 is 45.2 Å². The van der Waals surface area contributed by atoms with Gasteiger partial charge in [0.2, 0.25) is 0 Å². The molecule has 0 saturated heterocycles. The molecule has 1 rings (SSSR count). The first kappa shape index (κ1) is 16.0. The van der Waals surface area contributed by atoms with Gasteiger partial charge in [-0.15, -0.1) is 0 Å². The summed E-state index contributed by atoms with van der Waals surface area (Å²) in [4.78, 5) is 11.6. The number of nitriles is 1. The third-order valence-corrected chi connectivity index (χ3v) is 4.89. The van der Waals surface area contributed by atoms with Crippen LogP contribution in [-0.2, 0) is 4.79 Å². The molecule has 1 aromatic carbocycles. The van der Waals surface area contributed by atoms with E-state index in [1.807, 2.05) is 30.3 Å². The standard InChI is InChI=1S/C13H13NO2S3/c1-13(9-14,8-7-11(15)16)19-12(17)18-10-5-3-2-4-6-10/h2-6H,7-8H2,1H3,(H,15,16). The normalized spacial score (nSPS) is 13.3. The number of rotatable bonds is 5. The van der Waals surface area contributed by atoms with Gasteiger partial charge in [-0.1, -0.05) is 53.9 Å². The van der Waals surface area contributed by atoms with Gasteiger partial charge in [-0.25, -0.2) is 0 Å². The van der Waals surface area contributed by atoms with Crippen LogP contribution in [0.2, 0.25) is 0 Å². The van der Waals surface area contributed by atoms with Gasteiger partial charge in [0.05, 0.1) is 6.07 Å². The van der Waals surface area contributed by atoms with E-state index in [-0.39, 0.29) is 12.8 Å². The molecule has 3 nitrogen and oxygen atoms in total. The number of carboxylic acid groups (broad SMARTS) is 1. The highest BCUT2D eigenvalue weighted by atomic mass is 32.2. The largest absolute Gasteiger partial charge is 0.481 e. The molecule has 0 aliphatic carbocycles. The Kier molecular flexibility index (Phi) is 6.35. The number of hydrogen-bond donors (Lipinski definition) is 1. The van der Waals surface area contributed by atoms with Gasteiger partial charge >= 0.3 is 5.97 Å². The highest BCUT2D eigenvalue weighted by Gasteiger charge is 2.27. The zero-order valence-electron chi connectivity index (χ0n) is 10.3. The first-order valence-electron chi connectivity index (χ1n) is 5.54. The first-order chi connectivity index (χ1) is 8.95. The lowest BCUT2D eigenvalue weighted by molar-refractivity contribution is -0.137. The van der Waals surface area contributed by atoms with Crippen molar-refractivity contribution in [1.82, 2.24) is 0 Å². The Balaban J connectivity index is 2.58. The Morgan fingerprint density at radius 3 is 2.63 bits per heavy atom. The Morgan fingerprint density at radius 2 is 2.11 bits per heavy atom. The fourth-order valence-electron chi connectivity index (χ4n) is 1.26. The van der Waals surface area contributed by atoms with Crippen molar-refractivity contribution in [3.8, 4) is 6.07 Å². The van der Waals surface area contributed by atoms with Gasteiger partial charge in [0.1, 0.15) is 8.28 Å². The summed E-state index contributed by atoms with van der Waals surface area (Å²) in [6, 6.07) is 11.8. The number of carboxylic acids is 1. The summed E-state index contributed by atoms with van der Waals surface area (Å²) >= 11 is 7.93. The second-order valence-electron chi connectivity index (χ2n) is 4.00. The summed E-state index contributed by atoms with van der Waals surface area (Å²) in [7, 11) is 0. The Hall–Kier alpha value is -1.03. The molecule has 0 amide bonds. The van der Waals surface area contributed by atoms with Crippen molar-refractivity contribution in [3.05, 3.63) is 30.3 Å². The third-order valence-electron chi connectivity index (χ3n) is 2.31. The predicted molar refractivity (Wildman–Crippen MR) is 83.4 cm³/mol. The lowest BCUT2D eigenvalue weighted by atomic mass is 10.1. The van der Waals surface area contributed by atoms with Crippen LogP contribution in [0.5, 0.6) is 0 Å². The van der Waals surface area contributed by atoms with Gasteiger partial charge in [-0.3, -0.25) is 4.79 Å². The Morgan fingerprint density at radius 1 is 1.47 bits per heavy atom. The van der Waals surface area contributed by atoms with Gasteiger partial charge in [0.15, 0.2) is 0 Å². The fraction of sp³-hybridized carbons (Fsp3) is 0.308. The molecule has 0 heterocycles. The highest BCUT2D eigenvalue weighted by Crippen LogP contribution is 2.36.